The number of rotatable bonds is 6. The first kappa shape index (κ1) is 15.9. The van der Waals surface area contributed by atoms with E-state index in [4.69, 9.17) is 9.52 Å². The minimum absolute atomic E-state index is 0.0402. The van der Waals surface area contributed by atoms with E-state index in [1.165, 1.54) is 30.7 Å². The average Bonchev–Trinajstić information content (AvgIpc) is 3.24. The van der Waals surface area contributed by atoms with Crippen molar-refractivity contribution in [3.05, 3.63) is 35.4 Å². The van der Waals surface area contributed by atoms with Gasteiger partial charge in [0.25, 0.3) is 0 Å². The Morgan fingerprint density at radius 2 is 2.13 bits per heavy atom. The largest absolute Gasteiger partial charge is 0.475 e. The SMILES string of the molecule is CCc1cc(N2CCCC2)nc(SCc2ccc(C(=O)O)o2)n1. The fourth-order valence-corrected chi connectivity index (χ4v) is 3.29. The Morgan fingerprint density at radius 1 is 1.35 bits per heavy atom. The van der Waals surface area contributed by atoms with E-state index in [1.54, 1.807) is 6.07 Å². The molecule has 2 aromatic rings. The van der Waals surface area contributed by atoms with Crippen molar-refractivity contribution in [3.63, 3.8) is 0 Å². The number of thioether (sulfide) groups is 1. The third kappa shape index (κ3) is 3.85. The molecule has 1 saturated heterocycles. The fourth-order valence-electron chi connectivity index (χ4n) is 2.52. The van der Waals surface area contributed by atoms with Crippen molar-refractivity contribution in [3.8, 4) is 0 Å². The zero-order chi connectivity index (χ0) is 16.2. The first-order valence-corrected chi connectivity index (χ1v) is 8.72. The van der Waals surface area contributed by atoms with Gasteiger partial charge in [0.05, 0.1) is 5.75 Å². The second-order valence-corrected chi connectivity index (χ2v) is 6.35. The average molecular weight is 333 g/mol. The van der Waals surface area contributed by atoms with Crippen LogP contribution < -0.4 is 4.90 Å². The molecule has 1 fully saturated rings. The smallest absolute Gasteiger partial charge is 0.371 e. The van der Waals surface area contributed by atoms with Gasteiger partial charge in [0.15, 0.2) is 5.16 Å². The van der Waals surface area contributed by atoms with Crippen LogP contribution in [0.15, 0.2) is 27.8 Å². The normalized spacial score (nSPS) is 14.4. The molecule has 0 atom stereocenters. The molecule has 2 aromatic heterocycles. The Morgan fingerprint density at radius 3 is 2.78 bits per heavy atom. The van der Waals surface area contributed by atoms with Gasteiger partial charge in [-0.05, 0) is 31.4 Å². The Kier molecular flexibility index (Phi) is 4.85. The van der Waals surface area contributed by atoms with E-state index in [9.17, 15) is 4.79 Å². The minimum atomic E-state index is -1.05. The molecule has 0 amide bonds. The maximum Gasteiger partial charge on any atom is 0.371 e. The molecule has 6 nitrogen and oxygen atoms in total. The van der Waals surface area contributed by atoms with E-state index in [2.05, 4.69) is 27.9 Å². The van der Waals surface area contributed by atoms with E-state index in [0.717, 1.165) is 31.0 Å². The zero-order valence-electron chi connectivity index (χ0n) is 13.0. The second kappa shape index (κ2) is 7.04. The van der Waals surface area contributed by atoms with Crippen molar-refractivity contribution >= 4 is 23.5 Å². The van der Waals surface area contributed by atoms with Gasteiger partial charge in [0, 0.05) is 24.8 Å². The van der Waals surface area contributed by atoms with E-state index >= 15 is 0 Å². The maximum atomic E-state index is 10.8. The summed E-state index contributed by atoms with van der Waals surface area (Å²) in [4.78, 5) is 22.3. The number of aromatic carboxylic acids is 1. The quantitative estimate of drug-likeness (QED) is 0.642. The van der Waals surface area contributed by atoms with E-state index < -0.39 is 5.97 Å². The third-order valence-corrected chi connectivity index (χ3v) is 4.62. The maximum absolute atomic E-state index is 10.8. The van der Waals surface area contributed by atoms with Crippen LogP contribution in [0.3, 0.4) is 0 Å². The molecule has 0 spiro atoms. The number of anilines is 1. The molecule has 7 heteroatoms. The summed E-state index contributed by atoms with van der Waals surface area (Å²) < 4.78 is 5.27. The van der Waals surface area contributed by atoms with Crippen molar-refractivity contribution in [1.29, 1.82) is 0 Å². The van der Waals surface area contributed by atoms with Crippen LogP contribution in [0.5, 0.6) is 0 Å². The Bertz CT molecular complexity index is 696. The van der Waals surface area contributed by atoms with Crippen LogP contribution in [0.25, 0.3) is 0 Å². The van der Waals surface area contributed by atoms with Gasteiger partial charge >= 0.3 is 5.97 Å². The van der Waals surface area contributed by atoms with Gasteiger partial charge in [0.1, 0.15) is 11.6 Å². The lowest BCUT2D eigenvalue weighted by atomic mass is 10.3. The second-order valence-electron chi connectivity index (χ2n) is 5.41. The summed E-state index contributed by atoms with van der Waals surface area (Å²) in [6.45, 7) is 4.17. The van der Waals surface area contributed by atoms with Gasteiger partial charge in [-0.3, -0.25) is 0 Å². The van der Waals surface area contributed by atoms with Gasteiger partial charge in [0.2, 0.25) is 5.76 Å². The fraction of sp³-hybridized carbons (Fsp3) is 0.438. The molecule has 0 aromatic carbocycles. The standard InChI is InChI=1S/C16H19N3O3S/c1-2-11-9-14(19-7-3-4-8-19)18-16(17-11)23-10-12-5-6-13(22-12)15(20)21/h5-6,9H,2-4,7-8,10H2,1H3,(H,20,21). The van der Waals surface area contributed by atoms with Gasteiger partial charge < -0.3 is 14.4 Å². The highest BCUT2D eigenvalue weighted by Crippen LogP contribution is 2.25. The van der Waals surface area contributed by atoms with Gasteiger partial charge in [-0.15, -0.1) is 0 Å². The van der Waals surface area contributed by atoms with Crippen LogP contribution in [0.1, 0.15) is 41.8 Å². The number of carboxylic acid groups (broad SMARTS) is 1. The summed E-state index contributed by atoms with van der Waals surface area (Å²) in [5.74, 6) is 1.02. The molecule has 3 rings (SSSR count). The van der Waals surface area contributed by atoms with E-state index in [0.29, 0.717) is 16.7 Å². The van der Waals surface area contributed by atoms with E-state index in [1.807, 2.05) is 0 Å². The summed E-state index contributed by atoms with van der Waals surface area (Å²) in [6.07, 6.45) is 3.28. The van der Waals surface area contributed by atoms with Crippen LogP contribution >= 0.6 is 11.8 Å². The van der Waals surface area contributed by atoms with Crippen molar-refractivity contribution in [2.24, 2.45) is 0 Å². The molecular formula is C16H19N3O3S. The number of aromatic nitrogens is 2. The lowest BCUT2D eigenvalue weighted by Gasteiger charge is -2.17. The van der Waals surface area contributed by atoms with Crippen molar-refractivity contribution in [2.45, 2.75) is 37.1 Å². The van der Waals surface area contributed by atoms with Crippen LogP contribution in [0.2, 0.25) is 0 Å². The Balaban J connectivity index is 1.73. The molecule has 0 unspecified atom stereocenters. The highest BCUT2D eigenvalue weighted by Gasteiger charge is 2.16. The van der Waals surface area contributed by atoms with Crippen LogP contribution in [0.4, 0.5) is 5.82 Å². The van der Waals surface area contributed by atoms with Crippen LogP contribution in [-0.2, 0) is 12.2 Å². The highest BCUT2D eigenvalue weighted by molar-refractivity contribution is 7.98. The molecule has 1 aliphatic rings. The minimum Gasteiger partial charge on any atom is -0.475 e. The molecule has 23 heavy (non-hydrogen) atoms. The third-order valence-electron chi connectivity index (χ3n) is 3.75. The molecule has 122 valence electrons. The number of aryl methyl sites for hydroxylation is 1. The molecule has 0 radical (unpaired) electrons. The lowest BCUT2D eigenvalue weighted by Crippen LogP contribution is -2.19. The zero-order valence-corrected chi connectivity index (χ0v) is 13.8. The monoisotopic (exact) mass is 333 g/mol. The molecule has 0 bridgehead atoms. The topological polar surface area (TPSA) is 79.5 Å². The number of carboxylic acids is 1. The molecule has 0 aliphatic carbocycles. The van der Waals surface area contributed by atoms with Gasteiger partial charge in [-0.25, -0.2) is 14.8 Å². The summed E-state index contributed by atoms with van der Waals surface area (Å²) >= 11 is 1.47. The van der Waals surface area contributed by atoms with Gasteiger partial charge in [-0.1, -0.05) is 18.7 Å². The van der Waals surface area contributed by atoms with Gasteiger partial charge in [-0.2, -0.15) is 0 Å². The number of hydrogen-bond donors (Lipinski definition) is 1. The lowest BCUT2D eigenvalue weighted by molar-refractivity contribution is 0.0661. The predicted octanol–water partition coefficient (Wildman–Crippen LogP) is 3.22. The number of hydrogen-bond acceptors (Lipinski definition) is 6. The first-order chi connectivity index (χ1) is 11.2. The highest BCUT2D eigenvalue weighted by atomic mass is 32.2. The molecule has 3 heterocycles. The Labute approximate surface area is 138 Å². The molecular weight excluding hydrogens is 314 g/mol. The summed E-state index contributed by atoms with van der Waals surface area (Å²) in [6, 6.07) is 5.21. The van der Waals surface area contributed by atoms with Crippen molar-refractivity contribution < 1.29 is 14.3 Å². The number of furan rings is 1. The van der Waals surface area contributed by atoms with Crippen LogP contribution in [-0.4, -0.2) is 34.1 Å². The first-order valence-electron chi connectivity index (χ1n) is 7.73. The molecule has 0 saturated carbocycles. The Hall–Kier alpha value is -2.02. The van der Waals surface area contributed by atoms with E-state index in [-0.39, 0.29) is 5.76 Å². The van der Waals surface area contributed by atoms with Crippen LogP contribution in [0, 0.1) is 0 Å². The summed E-state index contributed by atoms with van der Waals surface area (Å²) in [5, 5.41) is 9.59. The summed E-state index contributed by atoms with van der Waals surface area (Å²) in [7, 11) is 0. The number of nitrogens with zero attached hydrogens (tertiary/aromatic N) is 3. The molecule has 1 aliphatic heterocycles. The molecule has 1 N–H and O–H groups in total. The van der Waals surface area contributed by atoms with Crippen molar-refractivity contribution in [2.75, 3.05) is 18.0 Å². The number of carbonyl (C=O) groups is 1. The summed E-state index contributed by atoms with van der Waals surface area (Å²) in [5.41, 5.74) is 1.02. The van der Waals surface area contributed by atoms with Crippen molar-refractivity contribution in [1.82, 2.24) is 9.97 Å². The predicted molar refractivity (Wildman–Crippen MR) is 88.1 cm³/mol.